The number of thioether (sulfide) groups is 1. The second kappa shape index (κ2) is 7.91. The predicted octanol–water partition coefficient (Wildman–Crippen LogP) is 3.73. The topological polar surface area (TPSA) is 65.5 Å². The van der Waals surface area contributed by atoms with Crippen LogP contribution in [0.25, 0.3) is 5.70 Å². The highest BCUT2D eigenvalue weighted by Crippen LogP contribution is 2.47. The van der Waals surface area contributed by atoms with Crippen molar-refractivity contribution in [2.45, 2.75) is 12.3 Å². The van der Waals surface area contributed by atoms with Crippen LogP contribution in [0.5, 0.6) is 0 Å². The van der Waals surface area contributed by atoms with Gasteiger partial charge in [-0.2, -0.15) is 0 Å². The van der Waals surface area contributed by atoms with Crippen LogP contribution in [0.3, 0.4) is 0 Å². The lowest BCUT2D eigenvalue weighted by Crippen LogP contribution is -2.25. The fourth-order valence-electron chi connectivity index (χ4n) is 2.74. The molecule has 0 spiro atoms. The summed E-state index contributed by atoms with van der Waals surface area (Å²) in [5.41, 5.74) is 2.91. The monoisotopic (exact) mass is 375 g/mol. The van der Waals surface area contributed by atoms with Gasteiger partial charge < -0.3 is 15.3 Å². The molecule has 0 saturated carbocycles. The van der Waals surface area contributed by atoms with E-state index in [2.05, 4.69) is 20.6 Å². The van der Waals surface area contributed by atoms with Crippen LogP contribution < -0.4 is 5.32 Å². The van der Waals surface area contributed by atoms with Crippen LogP contribution in [0.2, 0.25) is 5.02 Å². The Morgan fingerprint density at radius 3 is 2.92 bits per heavy atom. The van der Waals surface area contributed by atoms with Gasteiger partial charge in [0.05, 0.1) is 12.3 Å². The van der Waals surface area contributed by atoms with Crippen molar-refractivity contribution in [1.29, 1.82) is 0 Å². The van der Waals surface area contributed by atoms with Gasteiger partial charge in [-0.15, -0.1) is 11.8 Å². The summed E-state index contributed by atoms with van der Waals surface area (Å²) >= 11 is 7.99. The Balaban J connectivity index is 1.91. The van der Waals surface area contributed by atoms with E-state index in [1.165, 1.54) is 6.92 Å². The number of amides is 1. The summed E-state index contributed by atoms with van der Waals surface area (Å²) in [6, 6.07) is 11.4. The Morgan fingerprint density at radius 1 is 1.40 bits per heavy atom. The molecular formula is C18H18ClN3O2S. The second-order valence-corrected chi connectivity index (χ2v) is 6.91. The number of nitrogens with zero attached hydrogens (tertiary/aromatic N) is 2. The second-order valence-electron chi connectivity index (χ2n) is 5.54. The summed E-state index contributed by atoms with van der Waals surface area (Å²) in [6.07, 6.45) is 1.67. The molecule has 1 aromatic heterocycles. The molecule has 2 N–H and O–H groups in total. The van der Waals surface area contributed by atoms with E-state index < -0.39 is 0 Å². The maximum Gasteiger partial charge on any atom is 0.222 e. The van der Waals surface area contributed by atoms with E-state index in [1.807, 2.05) is 36.4 Å². The first-order chi connectivity index (χ1) is 12.1. The third-order valence-corrected chi connectivity index (χ3v) is 5.24. The molecule has 1 aliphatic heterocycles. The van der Waals surface area contributed by atoms with Crippen molar-refractivity contribution >= 4 is 40.8 Å². The number of β-amino-alcohol motifs (C(OH)–C–C–N with tert-alkyl or cyclic N) is 1. The van der Waals surface area contributed by atoms with Gasteiger partial charge in [-0.1, -0.05) is 29.8 Å². The molecule has 0 aliphatic carbocycles. The Kier molecular flexibility index (Phi) is 5.63. The van der Waals surface area contributed by atoms with Crippen molar-refractivity contribution < 1.29 is 9.90 Å². The van der Waals surface area contributed by atoms with Crippen LogP contribution in [-0.4, -0.2) is 34.0 Å². The lowest BCUT2D eigenvalue weighted by molar-refractivity contribution is -0.114. The number of aliphatic hydroxyl groups is 1. The van der Waals surface area contributed by atoms with Crippen molar-refractivity contribution in [3.05, 3.63) is 64.2 Å². The van der Waals surface area contributed by atoms with E-state index in [0.717, 1.165) is 16.8 Å². The minimum atomic E-state index is -0.161. The largest absolute Gasteiger partial charge is 0.395 e. The van der Waals surface area contributed by atoms with Crippen molar-refractivity contribution in [1.82, 2.24) is 9.88 Å². The molecule has 3 rings (SSSR count). The van der Waals surface area contributed by atoms with Gasteiger partial charge in [-0.25, -0.2) is 4.98 Å². The Bertz CT molecular complexity index is 812. The molecule has 0 radical (unpaired) electrons. The number of rotatable bonds is 5. The first-order valence-corrected chi connectivity index (χ1v) is 9.14. The minimum Gasteiger partial charge on any atom is -0.395 e. The van der Waals surface area contributed by atoms with E-state index in [0.29, 0.717) is 17.4 Å². The first-order valence-electron chi connectivity index (χ1n) is 7.81. The molecule has 130 valence electrons. The molecule has 0 fully saturated rings. The van der Waals surface area contributed by atoms with Crippen LogP contribution in [0, 0.1) is 0 Å². The number of aromatic nitrogens is 1. The van der Waals surface area contributed by atoms with E-state index in [-0.39, 0.29) is 17.9 Å². The van der Waals surface area contributed by atoms with Crippen molar-refractivity contribution in [3.63, 3.8) is 0 Å². The van der Waals surface area contributed by atoms with E-state index in [9.17, 15) is 9.90 Å². The molecule has 0 bridgehead atoms. The van der Waals surface area contributed by atoms with Gasteiger partial charge in [0.2, 0.25) is 5.91 Å². The van der Waals surface area contributed by atoms with Crippen LogP contribution >= 0.6 is 23.4 Å². The standard InChI is InChI=1S/C18H18ClN3O2S/c1-12(24)21-17-10-13(6-7-20-17)18-22(8-9-23)16(11-25-18)14-4-2-3-5-15(14)19/h2-7,10-11,18,23H,8-9H2,1H3,(H,20,21,24). The van der Waals surface area contributed by atoms with Gasteiger partial charge in [0.15, 0.2) is 0 Å². The maximum absolute atomic E-state index is 11.3. The van der Waals surface area contributed by atoms with Gasteiger partial charge in [-0.3, -0.25) is 4.79 Å². The molecule has 7 heteroatoms. The molecule has 1 aliphatic rings. The molecule has 2 heterocycles. The average molecular weight is 376 g/mol. The summed E-state index contributed by atoms with van der Waals surface area (Å²) in [6.45, 7) is 1.96. The number of anilines is 1. The zero-order valence-electron chi connectivity index (χ0n) is 13.6. The van der Waals surface area contributed by atoms with Crippen LogP contribution in [0.15, 0.2) is 48.0 Å². The third-order valence-electron chi connectivity index (χ3n) is 3.77. The molecular weight excluding hydrogens is 358 g/mol. The van der Waals surface area contributed by atoms with Gasteiger partial charge in [0.25, 0.3) is 0 Å². The highest BCUT2D eigenvalue weighted by atomic mass is 35.5. The molecule has 2 aromatic rings. The summed E-state index contributed by atoms with van der Waals surface area (Å²) in [5, 5.41) is 14.9. The smallest absolute Gasteiger partial charge is 0.222 e. The highest BCUT2D eigenvalue weighted by Gasteiger charge is 2.29. The zero-order valence-corrected chi connectivity index (χ0v) is 15.2. The van der Waals surface area contributed by atoms with Gasteiger partial charge in [-0.05, 0) is 29.2 Å². The number of halogens is 1. The first kappa shape index (κ1) is 17.8. The highest BCUT2D eigenvalue weighted by molar-refractivity contribution is 8.02. The van der Waals surface area contributed by atoms with Crippen molar-refractivity contribution in [3.8, 4) is 0 Å². The van der Waals surface area contributed by atoms with Crippen molar-refractivity contribution in [2.75, 3.05) is 18.5 Å². The summed E-state index contributed by atoms with van der Waals surface area (Å²) < 4.78 is 0. The lowest BCUT2D eigenvalue weighted by Gasteiger charge is -2.29. The minimum absolute atomic E-state index is 0.0195. The Hall–Kier alpha value is -2.02. The molecule has 25 heavy (non-hydrogen) atoms. The van der Waals surface area contributed by atoms with Crippen LogP contribution in [0.4, 0.5) is 5.82 Å². The van der Waals surface area contributed by atoms with Gasteiger partial charge in [0.1, 0.15) is 11.2 Å². The zero-order chi connectivity index (χ0) is 17.8. The molecule has 1 amide bonds. The van der Waals surface area contributed by atoms with Crippen LogP contribution in [-0.2, 0) is 4.79 Å². The van der Waals surface area contributed by atoms with E-state index in [4.69, 9.17) is 11.6 Å². The number of pyridine rings is 1. The van der Waals surface area contributed by atoms with Gasteiger partial charge >= 0.3 is 0 Å². The van der Waals surface area contributed by atoms with Crippen molar-refractivity contribution in [2.24, 2.45) is 0 Å². The SMILES string of the molecule is CC(=O)Nc1cc(C2SC=C(c3ccccc3Cl)N2CCO)ccn1. The number of carbonyl (C=O) groups excluding carboxylic acids is 1. The van der Waals surface area contributed by atoms with E-state index in [1.54, 1.807) is 18.0 Å². The molecule has 1 atom stereocenters. The van der Waals surface area contributed by atoms with Gasteiger partial charge in [0, 0.05) is 30.3 Å². The third kappa shape index (κ3) is 3.98. The molecule has 0 saturated heterocycles. The molecule has 1 aromatic carbocycles. The van der Waals surface area contributed by atoms with Crippen LogP contribution in [0.1, 0.15) is 23.4 Å². The molecule has 1 unspecified atom stereocenters. The molecule has 5 nitrogen and oxygen atoms in total. The number of benzene rings is 1. The Morgan fingerprint density at radius 2 is 2.20 bits per heavy atom. The van der Waals surface area contributed by atoms with E-state index >= 15 is 0 Å². The lowest BCUT2D eigenvalue weighted by atomic mass is 10.1. The quantitative estimate of drug-likeness (QED) is 0.833. The summed E-state index contributed by atoms with van der Waals surface area (Å²) in [4.78, 5) is 17.5. The summed E-state index contributed by atoms with van der Waals surface area (Å²) in [5.74, 6) is 0.353. The number of nitrogens with one attached hydrogen (secondary N) is 1. The Labute approximate surface area is 155 Å². The average Bonchev–Trinajstić information content (AvgIpc) is 2.99. The maximum atomic E-state index is 11.3. The number of hydrogen-bond acceptors (Lipinski definition) is 5. The number of carbonyl (C=O) groups is 1. The number of aliphatic hydroxyl groups excluding tert-OH is 1. The predicted molar refractivity (Wildman–Crippen MR) is 102 cm³/mol. The number of hydrogen-bond donors (Lipinski definition) is 2. The normalized spacial score (nSPS) is 16.7. The summed E-state index contributed by atoms with van der Waals surface area (Å²) in [7, 11) is 0. The fourth-order valence-corrected chi connectivity index (χ4v) is 4.16. The fraction of sp³-hybridized carbons (Fsp3) is 0.222.